The van der Waals surface area contributed by atoms with E-state index >= 15 is 0 Å². The molecule has 32 heavy (non-hydrogen) atoms. The molecular weight excluding hydrogens is 396 g/mol. The van der Waals surface area contributed by atoms with Crippen molar-refractivity contribution in [2.75, 3.05) is 13.2 Å². The maximum absolute atomic E-state index is 5.76. The van der Waals surface area contributed by atoms with Crippen LogP contribution in [0.3, 0.4) is 0 Å². The van der Waals surface area contributed by atoms with Crippen molar-refractivity contribution in [3.8, 4) is 28.3 Å². The largest absolute Gasteiger partial charge is 0.488 e. The molecular formula is C28H36N2O2. The van der Waals surface area contributed by atoms with Gasteiger partial charge in [-0.2, -0.15) is 0 Å². The minimum absolute atomic E-state index is 0.0548. The van der Waals surface area contributed by atoms with Crippen LogP contribution in [0.1, 0.15) is 58.4 Å². The van der Waals surface area contributed by atoms with Crippen molar-refractivity contribution >= 4 is 0 Å². The molecule has 3 aromatic rings. The second-order valence-corrected chi connectivity index (χ2v) is 8.32. The van der Waals surface area contributed by atoms with E-state index in [2.05, 4.69) is 72.3 Å². The molecule has 0 saturated carbocycles. The Kier molecular flexibility index (Phi) is 9.70. The van der Waals surface area contributed by atoms with E-state index in [0.29, 0.717) is 18.2 Å². The summed E-state index contributed by atoms with van der Waals surface area (Å²) in [4.78, 5) is 8.95. The summed E-state index contributed by atoms with van der Waals surface area (Å²) in [6, 6.07) is 17.3. The first kappa shape index (κ1) is 23.9. The molecule has 0 radical (unpaired) electrons. The van der Waals surface area contributed by atoms with Crippen molar-refractivity contribution in [2.24, 2.45) is 0 Å². The van der Waals surface area contributed by atoms with E-state index in [0.717, 1.165) is 31.4 Å². The molecule has 2 aromatic carbocycles. The zero-order valence-corrected chi connectivity index (χ0v) is 19.7. The van der Waals surface area contributed by atoms with Crippen molar-refractivity contribution in [3.63, 3.8) is 0 Å². The second-order valence-electron chi connectivity index (χ2n) is 8.32. The Morgan fingerprint density at radius 2 is 1.34 bits per heavy atom. The average Bonchev–Trinajstić information content (AvgIpc) is 2.84. The fourth-order valence-corrected chi connectivity index (χ4v) is 3.49. The number of hydrogen-bond acceptors (Lipinski definition) is 4. The van der Waals surface area contributed by atoms with Crippen LogP contribution in [-0.2, 0) is 11.2 Å². The highest BCUT2D eigenvalue weighted by Crippen LogP contribution is 2.24. The molecule has 1 atom stereocenters. The summed E-state index contributed by atoms with van der Waals surface area (Å²) >= 11 is 0. The molecule has 0 aliphatic heterocycles. The van der Waals surface area contributed by atoms with Crippen molar-refractivity contribution in [2.45, 2.75) is 65.4 Å². The Morgan fingerprint density at radius 1 is 0.750 bits per heavy atom. The Labute approximate surface area is 193 Å². The highest BCUT2D eigenvalue weighted by molar-refractivity contribution is 5.67. The Balaban J connectivity index is 1.54. The maximum atomic E-state index is 5.76. The first-order chi connectivity index (χ1) is 15.7. The number of aromatic nitrogens is 2. The lowest BCUT2D eigenvalue weighted by Gasteiger charge is -2.13. The van der Waals surface area contributed by atoms with Gasteiger partial charge in [0.15, 0.2) is 11.6 Å². The third kappa shape index (κ3) is 7.45. The molecule has 0 bridgehead atoms. The smallest absolute Gasteiger partial charge is 0.159 e. The van der Waals surface area contributed by atoms with Gasteiger partial charge in [0.05, 0.1) is 18.5 Å². The van der Waals surface area contributed by atoms with Gasteiger partial charge < -0.3 is 9.47 Å². The summed E-state index contributed by atoms with van der Waals surface area (Å²) in [5.74, 6) is 1.36. The summed E-state index contributed by atoms with van der Waals surface area (Å²) in [7, 11) is 0. The lowest BCUT2D eigenvalue weighted by atomic mass is 10.0. The Bertz CT molecular complexity index is 906. The highest BCUT2D eigenvalue weighted by atomic mass is 16.5. The van der Waals surface area contributed by atoms with Crippen molar-refractivity contribution in [1.82, 2.24) is 9.97 Å². The third-order valence-corrected chi connectivity index (χ3v) is 5.51. The summed E-state index contributed by atoms with van der Waals surface area (Å²) < 4.78 is 11.5. The van der Waals surface area contributed by atoms with Crippen molar-refractivity contribution in [1.29, 1.82) is 0 Å². The number of aryl methyl sites for hydroxylation is 1. The lowest BCUT2D eigenvalue weighted by Crippen LogP contribution is -2.18. The van der Waals surface area contributed by atoms with Gasteiger partial charge in [0.2, 0.25) is 0 Å². The topological polar surface area (TPSA) is 44.2 Å². The van der Waals surface area contributed by atoms with E-state index in [9.17, 15) is 0 Å². The number of hydrogen-bond donors (Lipinski definition) is 0. The molecule has 0 aliphatic carbocycles. The van der Waals surface area contributed by atoms with Gasteiger partial charge in [-0.15, -0.1) is 0 Å². The Hall–Kier alpha value is -2.72. The summed E-state index contributed by atoms with van der Waals surface area (Å²) in [5, 5.41) is 0. The van der Waals surface area contributed by atoms with Gasteiger partial charge in [0.25, 0.3) is 0 Å². The first-order valence-electron chi connectivity index (χ1n) is 12.0. The van der Waals surface area contributed by atoms with Gasteiger partial charge in [-0.25, -0.2) is 9.97 Å². The van der Waals surface area contributed by atoms with Gasteiger partial charge in [-0.05, 0) is 42.9 Å². The highest BCUT2D eigenvalue weighted by Gasteiger charge is 2.06. The maximum Gasteiger partial charge on any atom is 0.159 e. The van der Waals surface area contributed by atoms with Crippen molar-refractivity contribution in [3.05, 3.63) is 66.5 Å². The molecule has 1 aromatic heterocycles. The molecule has 3 rings (SSSR count). The normalized spacial score (nSPS) is 12.0. The molecule has 4 heteroatoms. The molecule has 0 N–H and O–H groups in total. The minimum atomic E-state index is 0.0548. The predicted octanol–water partition coefficient (Wildman–Crippen LogP) is 7.13. The number of ether oxygens (including phenoxy) is 2. The molecule has 0 saturated heterocycles. The standard InChI is InChI=1S/C28H36N2O2/c1-4-6-8-9-23-10-12-24(13-11-23)25-14-16-26(17-15-25)28-29-19-27(20-30-28)32-21-22(3)31-18-7-5-2/h10-17,19-20,22H,4-9,18,21H2,1-3H3/t22-/m0/s1. The van der Waals surface area contributed by atoms with Gasteiger partial charge in [0, 0.05) is 12.2 Å². The van der Waals surface area contributed by atoms with Crippen LogP contribution in [0.5, 0.6) is 5.75 Å². The van der Waals surface area contributed by atoms with Crippen LogP contribution in [0.4, 0.5) is 0 Å². The molecule has 0 aliphatic rings. The predicted molar refractivity (Wildman–Crippen MR) is 132 cm³/mol. The van der Waals surface area contributed by atoms with E-state index in [1.807, 2.05) is 6.92 Å². The summed E-state index contributed by atoms with van der Waals surface area (Å²) in [6.45, 7) is 7.69. The molecule has 0 unspecified atom stereocenters. The van der Waals surface area contributed by atoms with Crippen LogP contribution in [0, 0.1) is 0 Å². The number of rotatable bonds is 13. The van der Waals surface area contributed by atoms with E-state index in [1.165, 1.54) is 36.0 Å². The van der Waals surface area contributed by atoms with E-state index in [-0.39, 0.29) is 6.10 Å². The molecule has 0 fully saturated rings. The first-order valence-corrected chi connectivity index (χ1v) is 12.0. The monoisotopic (exact) mass is 432 g/mol. The van der Waals surface area contributed by atoms with Gasteiger partial charge in [-0.3, -0.25) is 0 Å². The number of benzene rings is 2. The SMILES string of the molecule is CCCCCc1ccc(-c2ccc(-c3ncc(OC[C@H](C)OCCCC)cn3)cc2)cc1. The number of nitrogens with zero attached hydrogens (tertiary/aromatic N) is 2. The second kappa shape index (κ2) is 13.0. The lowest BCUT2D eigenvalue weighted by molar-refractivity contribution is 0.0307. The minimum Gasteiger partial charge on any atom is -0.488 e. The van der Waals surface area contributed by atoms with Gasteiger partial charge in [0.1, 0.15) is 6.61 Å². The summed E-state index contributed by atoms with van der Waals surface area (Å²) in [6.07, 6.45) is 10.7. The van der Waals surface area contributed by atoms with E-state index in [1.54, 1.807) is 12.4 Å². The zero-order chi connectivity index (χ0) is 22.6. The molecule has 1 heterocycles. The number of unbranched alkanes of at least 4 members (excludes halogenated alkanes) is 3. The molecule has 0 amide bonds. The van der Waals surface area contributed by atoms with Crippen LogP contribution in [0.25, 0.3) is 22.5 Å². The van der Waals surface area contributed by atoms with E-state index < -0.39 is 0 Å². The fourth-order valence-electron chi connectivity index (χ4n) is 3.49. The average molecular weight is 433 g/mol. The summed E-state index contributed by atoms with van der Waals surface area (Å²) in [5.41, 5.74) is 4.84. The van der Waals surface area contributed by atoms with Crippen LogP contribution in [0.15, 0.2) is 60.9 Å². The molecule has 0 spiro atoms. The van der Waals surface area contributed by atoms with Gasteiger partial charge in [-0.1, -0.05) is 81.6 Å². The third-order valence-electron chi connectivity index (χ3n) is 5.51. The fraction of sp³-hybridized carbons (Fsp3) is 0.429. The van der Waals surface area contributed by atoms with Crippen LogP contribution < -0.4 is 4.74 Å². The quantitative estimate of drug-likeness (QED) is 0.270. The van der Waals surface area contributed by atoms with Crippen LogP contribution in [0.2, 0.25) is 0 Å². The zero-order valence-electron chi connectivity index (χ0n) is 19.7. The van der Waals surface area contributed by atoms with Gasteiger partial charge >= 0.3 is 0 Å². The molecule has 170 valence electrons. The Morgan fingerprint density at radius 3 is 1.97 bits per heavy atom. The van der Waals surface area contributed by atoms with E-state index in [4.69, 9.17) is 9.47 Å². The molecule has 4 nitrogen and oxygen atoms in total. The van der Waals surface area contributed by atoms with Crippen molar-refractivity contribution < 1.29 is 9.47 Å². The van der Waals surface area contributed by atoms with Crippen LogP contribution >= 0.6 is 0 Å². The van der Waals surface area contributed by atoms with Crippen LogP contribution in [-0.4, -0.2) is 29.3 Å².